The summed E-state index contributed by atoms with van der Waals surface area (Å²) < 4.78 is 61.3. The molecule has 11 nitrogen and oxygen atoms in total. The minimum atomic E-state index is -4.46. The molecule has 2 atom stereocenters. The van der Waals surface area contributed by atoms with E-state index in [2.05, 4.69) is 24.6 Å². The summed E-state index contributed by atoms with van der Waals surface area (Å²) in [7, 11) is -3.14. The van der Waals surface area contributed by atoms with Crippen molar-refractivity contribution in [2.24, 2.45) is 0 Å². The van der Waals surface area contributed by atoms with Crippen LogP contribution in [0.5, 0.6) is 5.88 Å². The number of carbonyl (C=O) groups is 2. The number of amides is 1. The maximum atomic E-state index is 14.3. The van der Waals surface area contributed by atoms with Gasteiger partial charge in [-0.2, -0.15) is 0 Å². The van der Waals surface area contributed by atoms with E-state index in [-0.39, 0.29) is 35.3 Å². The Morgan fingerprint density at radius 1 is 0.978 bits per heavy atom. The Labute approximate surface area is 257 Å². The monoisotopic (exact) mass is 634 g/mol. The van der Waals surface area contributed by atoms with Crippen LogP contribution >= 0.6 is 0 Å². The average Bonchev–Trinajstić information content (AvgIpc) is 3.26. The molecule has 232 valence electrons. The molecule has 1 amide bonds. The second kappa shape index (κ2) is 11.8. The summed E-state index contributed by atoms with van der Waals surface area (Å²) in [4.78, 5) is 40.6. The Kier molecular flexibility index (Phi) is 7.91. The number of fused-ring (bicyclic) bond motifs is 3. The number of ketones is 1. The summed E-state index contributed by atoms with van der Waals surface area (Å²) in [5, 5.41) is 0.759. The smallest absolute Gasteiger partial charge is 0.264 e. The van der Waals surface area contributed by atoms with E-state index < -0.39 is 26.6 Å². The Morgan fingerprint density at radius 2 is 1.73 bits per heavy atom. The van der Waals surface area contributed by atoms with Gasteiger partial charge in [0.25, 0.3) is 10.0 Å². The highest BCUT2D eigenvalue weighted by Crippen LogP contribution is 2.39. The van der Waals surface area contributed by atoms with E-state index in [0.717, 1.165) is 36.2 Å². The van der Waals surface area contributed by atoms with Crippen LogP contribution in [0.3, 0.4) is 0 Å². The minimum absolute atomic E-state index is 0.0238. The molecule has 6 rings (SSSR count). The summed E-state index contributed by atoms with van der Waals surface area (Å²) in [6, 6.07) is 9.27. The van der Waals surface area contributed by atoms with Gasteiger partial charge in [-0.1, -0.05) is 6.07 Å². The molecular formula is C31H28F2N6O5S. The average molecular weight is 635 g/mol. The minimum Gasteiger partial charge on any atom is -0.480 e. The number of aromatic nitrogens is 3. The Bertz CT molecular complexity index is 1960. The molecule has 0 aliphatic carbocycles. The number of carbonyl (C=O) groups excluding carboxylic acids is 2. The van der Waals surface area contributed by atoms with Crippen molar-refractivity contribution in [2.45, 2.75) is 36.7 Å². The topological polar surface area (TPSA) is 135 Å². The lowest BCUT2D eigenvalue weighted by Crippen LogP contribution is -2.55. The standard InChI is InChI=1S/C31H28F2N6O5S/c1-18(40)3-10-29(41)38-15-22-6-7-23(16-38)39(22)30-24-11-19(4-8-26(24)35-17-36-30)20-12-27(31(44-2)34-14-20)37-45(42,43)28-9-5-21(32)13-25(28)33/h3-5,8-14,17,22-23,37H,6-7,15-16H2,1-2H3/b10-3+. The van der Waals surface area contributed by atoms with Gasteiger partial charge in [0.1, 0.15) is 34.4 Å². The summed E-state index contributed by atoms with van der Waals surface area (Å²) in [5.74, 6) is -1.85. The molecule has 2 unspecified atom stereocenters. The van der Waals surface area contributed by atoms with Gasteiger partial charge in [-0.25, -0.2) is 32.2 Å². The van der Waals surface area contributed by atoms with E-state index in [0.29, 0.717) is 35.8 Å². The van der Waals surface area contributed by atoms with Crippen LogP contribution in [0, 0.1) is 11.6 Å². The fourth-order valence-corrected chi connectivity index (χ4v) is 7.00. The molecule has 4 aromatic rings. The van der Waals surface area contributed by atoms with Crippen LogP contribution in [-0.2, 0) is 19.6 Å². The molecular weight excluding hydrogens is 606 g/mol. The van der Waals surface area contributed by atoms with Crippen molar-refractivity contribution >= 4 is 44.1 Å². The number of nitrogens with one attached hydrogen (secondary N) is 1. The molecule has 1 N–H and O–H groups in total. The van der Waals surface area contributed by atoms with Crippen LogP contribution in [0.1, 0.15) is 19.8 Å². The van der Waals surface area contributed by atoms with Crippen molar-refractivity contribution in [1.29, 1.82) is 0 Å². The number of likely N-dealkylation sites (tertiary alicyclic amines) is 1. The van der Waals surface area contributed by atoms with Gasteiger partial charge >= 0.3 is 0 Å². The van der Waals surface area contributed by atoms with Gasteiger partial charge in [-0.05, 0) is 61.7 Å². The van der Waals surface area contributed by atoms with Crippen molar-refractivity contribution in [2.75, 3.05) is 29.8 Å². The third-order valence-corrected chi connectivity index (χ3v) is 9.32. The molecule has 0 spiro atoms. The second-order valence-electron chi connectivity index (χ2n) is 10.9. The zero-order chi connectivity index (χ0) is 31.9. The molecule has 2 fully saturated rings. The van der Waals surface area contributed by atoms with Crippen LogP contribution in [0.15, 0.2) is 72.0 Å². The van der Waals surface area contributed by atoms with Crippen LogP contribution in [0.2, 0.25) is 0 Å². The van der Waals surface area contributed by atoms with Crippen LogP contribution in [-0.4, -0.2) is 72.2 Å². The summed E-state index contributed by atoms with van der Waals surface area (Å²) in [6.07, 6.45) is 7.36. The van der Waals surface area contributed by atoms with E-state index in [4.69, 9.17) is 4.74 Å². The van der Waals surface area contributed by atoms with Gasteiger partial charge in [0.15, 0.2) is 5.78 Å². The first-order valence-corrected chi connectivity index (χ1v) is 15.6. The van der Waals surface area contributed by atoms with Crippen molar-refractivity contribution in [3.8, 4) is 17.0 Å². The number of ether oxygens (including phenoxy) is 1. The highest BCUT2D eigenvalue weighted by atomic mass is 32.2. The molecule has 0 saturated carbocycles. The van der Waals surface area contributed by atoms with E-state index in [1.807, 2.05) is 18.2 Å². The predicted octanol–water partition coefficient (Wildman–Crippen LogP) is 4.10. The van der Waals surface area contributed by atoms with Gasteiger partial charge in [-0.3, -0.25) is 14.3 Å². The SMILES string of the molecule is COc1ncc(-c2ccc3ncnc(N4C5CCC4CN(C(=O)/C=C/C(C)=O)C5)c3c2)cc1NS(=O)(=O)c1ccc(F)cc1F. The Balaban J connectivity index is 1.33. The van der Waals surface area contributed by atoms with E-state index >= 15 is 0 Å². The number of hydrogen-bond acceptors (Lipinski definition) is 9. The lowest BCUT2D eigenvalue weighted by atomic mass is 10.0. The van der Waals surface area contributed by atoms with E-state index in [1.54, 1.807) is 4.90 Å². The molecule has 14 heteroatoms. The number of hydrogen-bond donors (Lipinski definition) is 1. The second-order valence-corrected chi connectivity index (χ2v) is 12.5. The number of benzene rings is 2. The normalized spacial score (nSPS) is 18.0. The largest absolute Gasteiger partial charge is 0.480 e. The number of anilines is 2. The fourth-order valence-electron chi connectivity index (χ4n) is 5.89. The number of nitrogens with zero attached hydrogens (tertiary/aromatic N) is 5. The molecule has 2 aromatic carbocycles. The van der Waals surface area contributed by atoms with Gasteiger partial charge in [0, 0.05) is 54.5 Å². The van der Waals surface area contributed by atoms with Crippen molar-refractivity contribution in [3.05, 3.63) is 78.8 Å². The molecule has 2 aliphatic heterocycles. The number of rotatable bonds is 8. The van der Waals surface area contributed by atoms with Gasteiger partial charge in [0.2, 0.25) is 11.8 Å². The van der Waals surface area contributed by atoms with E-state index in [1.165, 1.54) is 44.8 Å². The van der Waals surface area contributed by atoms with Crippen molar-refractivity contribution in [1.82, 2.24) is 19.9 Å². The third-order valence-electron chi connectivity index (χ3n) is 7.92. The quantitative estimate of drug-likeness (QED) is 0.284. The van der Waals surface area contributed by atoms with Crippen LogP contribution in [0.4, 0.5) is 20.3 Å². The fraction of sp³-hybridized carbons (Fsp3) is 0.258. The van der Waals surface area contributed by atoms with Crippen LogP contribution < -0.4 is 14.4 Å². The molecule has 2 saturated heterocycles. The summed E-state index contributed by atoms with van der Waals surface area (Å²) in [6.45, 7) is 2.38. The van der Waals surface area contributed by atoms with Crippen LogP contribution in [0.25, 0.3) is 22.0 Å². The third kappa shape index (κ3) is 5.92. The lowest BCUT2D eigenvalue weighted by molar-refractivity contribution is -0.127. The predicted molar refractivity (Wildman–Crippen MR) is 162 cm³/mol. The number of pyridine rings is 1. The number of halogens is 2. The summed E-state index contributed by atoms with van der Waals surface area (Å²) in [5.41, 5.74) is 1.86. The molecule has 2 aliphatic rings. The zero-order valence-electron chi connectivity index (χ0n) is 24.3. The summed E-state index contributed by atoms with van der Waals surface area (Å²) >= 11 is 0. The zero-order valence-corrected chi connectivity index (χ0v) is 25.1. The molecule has 45 heavy (non-hydrogen) atoms. The van der Waals surface area contributed by atoms with E-state index in [9.17, 15) is 26.8 Å². The highest BCUT2D eigenvalue weighted by Gasteiger charge is 2.42. The first kappa shape index (κ1) is 30.1. The Morgan fingerprint density at radius 3 is 2.42 bits per heavy atom. The molecule has 4 heterocycles. The highest BCUT2D eigenvalue weighted by molar-refractivity contribution is 7.92. The maximum absolute atomic E-state index is 14.3. The maximum Gasteiger partial charge on any atom is 0.264 e. The van der Waals surface area contributed by atoms with Crippen molar-refractivity contribution < 1.29 is 31.5 Å². The number of methoxy groups -OCH3 is 1. The number of allylic oxidation sites excluding steroid dienone is 1. The first-order chi connectivity index (χ1) is 21.5. The van der Waals surface area contributed by atoms with Gasteiger partial charge in [-0.15, -0.1) is 0 Å². The lowest BCUT2D eigenvalue weighted by Gasteiger charge is -2.41. The van der Waals surface area contributed by atoms with Gasteiger partial charge < -0.3 is 14.5 Å². The molecule has 0 radical (unpaired) electrons. The molecule has 2 bridgehead atoms. The number of sulfonamides is 1. The first-order valence-electron chi connectivity index (χ1n) is 14.1. The molecule has 2 aromatic heterocycles. The number of piperazine rings is 1. The Hall–Kier alpha value is -4.98. The van der Waals surface area contributed by atoms with Gasteiger partial charge in [0.05, 0.1) is 12.6 Å². The van der Waals surface area contributed by atoms with Crippen molar-refractivity contribution in [3.63, 3.8) is 0 Å².